The molecular formula is C19H30N4O2S. The van der Waals surface area contributed by atoms with Crippen LogP contribution in [0.2, 0.25) is 0 Å². The summed E-state index contributed by atoms with van der Waals surface area (Å²) in [6.07, 6.45) is 3.52. The lowest BCUT2D eigenvalue weighted by Gasteiger charge is -2.40. The number of ether oxygens (including phenoxy) is 2. The summed E-state index contributed by atoms with van der Waals surface area (Å²) >= 11 is 2.09. The minimum atomic E-state index is 0.399. The quantitative estimate of drug-likeness (QED) is 0.778. The van der Waals surface area contributed by atoms with Gasteiger partial charge in [0.1, 0.15) is 12.4 Å². The number of piperidine rings is 1. The van der Waals surface area contributed by atoms with Crippen LogP contribution in [0.15, 0.2) is 6.07 Å². The van der Waals surface area contributed by atoms with Gasteiger partial charge in [0, 0.05) is 69.4 Å². The second-order valence-electron chi connectivity index (χ2n) is 7.43. The molecule has 0 N–H and O–H groups in total. The molecule has 1 atom stereocenters. The summed E-state index contributed by atoms with van der Waals surface area (Å²) in [7, 11) is 1.71. The van der Waals surface area contributed by atoms with Crippen molar-refractivity contribution in [2.45, 2.75) is 37.8 Å². The van der Waals surface area contributed by atoms with Gasteiger partial charge in [0.05, 0.1) is 12.3 Å². The molecule has 0 spiro atoms. The zero-order valence-corrected chi connectivity index (χ0v) is 16.5. The molecule has 4 heterocycles. The van der Waals surface area contributed by atoms with Crippen molar-refractivity contribution in [1.82, 2.24) is 14.9 Å². The molecule has 0 aromatic carbocycles. The maximum atomic E-state index is 5.57. The highest BCUT2D eigenvalue weighted by molar-refractivity contribution is 7.99. The summed E-state index contributed by atoms with van der Waals surface area (Å²) in [4.78, 5) is 14.7. The van der Waals surface area contributed by atoms with Crippen molar-refractivity contribution in [2.75, 3.05) is 62.9 Å². The largest absolute Gasteiger partial charge is 0.381 e. The minimum absolute atomic E-state index is 0.399. The molecule has 0 unspecified atom stereocenters. The summed E-state index contributed by atoms with van der Waals surface area (Å²) in [5, 5.41) is 0. The maximum Gasteiger partial charge on any atom is 0.156 e. The van der Waals surface area contributed by atoms with E-state index in [1.807, 2.05) is 0 Å². The van der Waals surface area contributed by atoms with Crippen molar-refractivity contribution in [1.29, 1.82) is 0 Å². The molecule has 0 amide bonds. The first-order chi connectivity index (χ1) is 12.8. The standard InChI is InChI=1S/C19H30N4O2S/c1-24-14-18-20-17(15-4-9-25-13-15)12-19(21-18)23-5-2-16(3-6-23)22-7-10-26-11-8-22/h12,15-16H,2-11,13-14H2,1H3/t15-/m0/s1. The third-order valence-corrected chi connectivity index (χ3v) is 6.69. The van der Waals surface area contributed by atoms with E-state index in [9.17, 15) is 0 Å². The van der Waals surface area contributed by atoms with Crippen LogP contribution in [0.4, 0.5) is 5.82 Å². The van der Waals surface area contributed by atoms with Gasteiger partial charge in [-0.1, -0.05) is 0 Å². The molecule has 0 bridgehead atoms. The van der Waals surface area contributed by atoms with Crippen molar-refractivity contribution >= 4 is 17.6 Å². The lowest BCUT2D eigenvalue weighted by atomic mass is 10.0. The molecule has 3 aliphatic heterocycles. The van der Waals surface area contributed by atoms with Gasteiger partial charge in [-0.15, -0.1) is 0 Å². The Morgan fingerprint density at radius 1 is 1.15 bits per heavy atom. The first-order valence-corrected chi connectivity index (χ1v) is 11.0. The first-order valence-electron chi connectivity index (χ1n) is 9.85. The van der Waals surface area contributed by atoms with Crippen molar-refractivity contribution in [3.05, 3.63) is 17.6 Å². The molecule has 3 fully saturated rings. The number of thioether (sulfide) groups is 1. The molecule has 4 rings (SSSR count). The number of aromatic nitrogens is 2. The van der Waals surface area contributed by atoms with Gasteiger partial charge in [0.25, 0.3) is 0 Å². The van der Waals surface area contributed by atoms with Crippen molar-refractivity contribution in [3.8, 4) is 0 Å². The number of anilines is 1. The normalized spacial score (nSPS) is 25.7. The average molecular weight is 379 g/mol. The number of hydrogen-bond acceptors (Lipinski definition) is 7. The van der Waals surface area contributed by atoms with Crippen LogP contribution in [0.5, 0.6) is 0 Å². The third-order valence-electron chi connectivity index (χ3n) is 5.75. The van der Waals surface area contributed by atoms with E-state index in [0.717, 1.165) is 56.1 Å². The van der Waals surface area contributed by atoms with E-state index in [0.29, 0.717) is 12.5 Å². The van der Waals surface area contributed by atoms with Crippen LogP contribution < -0.4 is 4.90 Å². The summed E-state index contributed by atoms with van der Waals surface area (Å²) in [5.41, 5.74) is 1.12. The van der Waals surface area contributed by atoms with Gasteiger partial charge in [-0.05, 0) is 19.3 Å². The summed E-state index contributed by atoms with van der Waals surface area (Å²) in [6.45, 7) is 6.76. The minimum Gasteiger partial charge on any atom is -0.381 e. The molecule has 26 heavy (non-hydrogen) atoms. The van der Waals surface area contributed by atoms with E-state index in [4.69, 9.17) is 19.4 Å². The summed E-state index contributed by atoms with van der Waals surface area (Å²) in [6, 6.07) is 2.94. The Labute approximate surface area is 160 Å². The number of methoxy groups -OCH3 is 1. The molecule has 0 radical (unpaired) electrons. The fourth-order valence-electron chi connectivity index (χ4n) is 4.24. The van der Waals surface area contributed by atoms with E-state index in [1.54, 1.807) is 7.11 Å². The van der Waals surface area contributed by atoms with Crippen LogP contribution in [0.1, 0.15) is 36.7 Å². The van der Waals surface area contributed by atoms with Crippen LogP contribution in [0.25, 0.3) is 0 Å². The van der Waals surface area contributed by atoms with E-state index in [2.05, 4.69) is 27.6 Å². The van der Waals surface area contributed by atoms with E-state index in [-0.39, 0.29) is 0 Å². The Hall–Kier alpha value is -0.890. The predicted octanol–water partition coefficient (Wildman–Crippen LogP) is 2.14. The van der Waals surface area contributed by atoms with Gasteiger partial charge in [0.15, 0.2) is 5.82 Å². The Bertz CT molecular complexity index is 583. The van der Waals surface area contributed by atoms with Crippen LogP contribution >= 0.6 is 11.8 Å². The highest BCUT2D eigenvalue weighted by Crippen LogP contribution is 2.28. The van der Waals surface area contributed by atoms with E-state index in [1.165, 1.54) is 37.4 Å². The smallest absolute Gasteiger partial charge is 0.156 e. The SMILES string of the molecule is COCc1nc([C@H]2CCOC2)cc(N2CCC(N3CCSCC3)CC2)n1. The predicted molar refractivity (Wildman–Crippen MR) is 105 cm³/mol. The monoisotopic (exact) mass is 378 g/mol. The van der Waals surface area contributed by atoms with Crippen LogP contribution in [-0.2, 0) is 16.1 Å². The first kappa shape index (κ1) is 18.5. The van der Waals surface area contributed by atoms with Crippen LogP contribution in [-0.4, -0.2) is 78.9 Å². The van der Waals surface area contributed by atoms with Gasteiger partial charge in [-0.3, -0.25) is 4.90 Å². The lowest BCUT2D eigenvalue weighted by Crippen LogP contribution is -2.48. The van der Waals surface area contributed by atoms with Gasteiger partial charge in [-0.25, -0.2) is 9.97 Å². The van der Waals surface area contributed by atoms with E-state index < -0.39 is 0 Å². The van der Waals surface area contributed by atoms with Gasteiger partial charge < -0.3 is 14.4 Å². The molecule has 1 aromatic heterocycles. The molecule has 144 valence electrons. The zero-order valence-electron chi connectivity index (χ0n) is 15.7. The molecule has 0 saturated carbocycles. The summed E-state index contributed by atoms with van der Waals surface area (Å²) < 4.78 is 10.9. The maximum absolute atomic E-state index is 5.57. The average Bonchev–Trinajstić information content (AvgIpc) is 3.24. The Morgan fingerprint density at radius 2 is 1.96 bits per heavy atom. The fourth-order valence-corrected chi connectivity index (χ4v) is 5.17. The molecule has 3 aliphatic rings. The molecule has 6 nitrogen and oxygen atoms in total. The third kappa shape index (κ3) is 4.32. The van der Waals surface area contributed by atoms with Gasteiger partial charge in [-0.2, -0.15) is 11.8 Å². The highest BCUT2D eigenvalue weighted by atomic mass is 32.2. The molecule has 7 heteroatoms. The van der Waals surface area contributed by atoms with Gasteiger partial charge >= 0.3 is 0 Å². The Morgan fingerprint density at radius 3 is 2.65 bits per heavy atom. The molecule has 1 aromatic rings. The molecule has 0 aliphatic carbocycles. The van der Waals surface area contributed by atoms with Crippen LogP contribution in [0.3, 0.4) is 0 Å². The lowest BCUT2D eigenvalue weighted by molar-refractivity contribution is 0.176. The van der Waals surface area contributed by atoms with Crippen molar-refractivity contribution < 1.29 is 9.47 Å². The number of nitrogens with zero attached hydrogens (tertiary/aromatic N) is 4. The van der Waals surface area contributed by atoms with Crippen molar-refractivity contribution in [3.63, 3.8) is 0 Å². The Balaban J connectivity index is 1.44. The Kier molecular flexibility index (Phi) is 6.30. The fraction of sp³-hybridized carbons (Fsp3) is 0.789. The van der Waals surface area contributed by atoms with Crippen molar-refractivity contribution in [2.24, 2.45) is 0 Å². The molecule has 3 saturated heterocycles. The highest BCUT2D eigenvalue weighted by Gasteiger charge is 2.27. The number of rotatable bonds is 5. The topological polar surface area (TPSA) is 50.7 Å². The second-order valence-corrected chi connectivity index (χ2v) is 8.65. The summed E-state index contributed by atoms with van der Waals surface area (Å²) in [5.74, 6) is 4.85. The van der Waals surface area contributed by atoms with Crippen LogP contribution in [0, 0.1) is 0 Å². The zero-order chi connectivity index (χ0) is 17.8. The van der Waals surface area contributed by atoms with Gasteiger partial charge in [0.2, 0.25) is 0 Å². The number of hydrogen-bond donors (Lipinski definition) is 0. The molecular weight excluding hydrogens is 348 g/mol. The van der Waals surface area contributed by atoms with E-state index >= 15 is 0 Å². The second kappa shape index (κ2) is 8.87.